The van der Waals surface area contributed by atoms with Gasteiger partial charge >= 0.3 is 0 Å². The molecule has 3 nitrogen and oxygen atoms in total. The smallest absolute Gasteiger partial charge is 0.139 e. The molecule has 0 aliphatic heterocycles. The first-order valence-corrected chi connectivity index (χ1v) is 5.92. The molecule has 0 aliphatic rings. The van der Waals surface area contributed by atoms with Crippen molar-refractivity contribution in [2.75, 3.05) is 6.61 Å². The molecule has 0 unspecified atom stereocenters. The minimum absolute atomic E-state index is 0.0757. The van der Waals surface area contributed by atoms with E-state index in [-0.39, 0.29) is 6.61 Å². The van der Waals surface area contributed by atoms with Crippen molar-refractivity contribution in [1.29, 1.82) is 0 Å². The first-order chi connectivity index (χ1) is 8.86. The highest BCUT2D eigenvalue weighted by molar-refractivity contribution is 5.86. The van der Waals surface area contributed by atoms with Gasteiger partial charge < -0.3 is 9.63 Å². The first kappa shape index (κ1) is 11.0. The highest BCUT2D eigenvalue weighted by atomic mass is 16.5. The molecule has 0 atom stereocenters. The number of nitrogens with zero attached hydrogens (tertiary/aromatic N) is 1. The second-order valence-electron chi connectivity index (χ2n) is 4.21. The normalized spacial score (nSPS) is 10.9. The van der Waals surface area contributed by atoms with Crippen LogP contribution in [0.15, 0.2) is 53.1 Å². The van der Waals surface area contributed by atoms with Gasteiger partial charge in [-0.1, -0.05) is 41.6 Å². The molecule has 3 aromatic rings. The van der Waals surface area contributed by atoms with Gasteiger partial charge in [-0.3, -0.25) is 0 Å². The van der Waals surface area contributed by atoms with Gasteiger partial charge in [0.05, 0.1) is 6.61 Å². The summed E-state index contributed by atoms with van der Waals surface area (Å²) >= 11 is 0. The lowest BCUT2D eigenvalue weighted by atomic mass is 10.1. The van der Waals surface area contributed by atoms with E-state index in [1.54, 1.807) is 0 Å². The number of rotatable bonds is 3. The van der Waals surface area contributed by atoms with Gasteiger partial charge in [0.25, 0.3) is 0 Å². The third kappa shape index (κ3) is 2.00. The zero-order valence-corrected chi connectivity index (χ0v) is 9.84. The zero-order chi connectivity index (χ0) is 12.4. The van der Waals surface area contributed by atoms with Crippen molar-refractivity contribution in [3.63, 3.8) is 0 Å². The molecule has 3 heteroatoms. The Morgan fingerprint density at radius 1 is 1.00 bits per heavy atom. The molecule has 1 heterocycles. The fraction of sp³-hybridized carbons (Fsp3) is 0.133. The van der Waals surface area contributed by atoms with Gasteiger partial charge in [0.1, 0.15) is 11.5 Å². The van der Waals surface area contributed by atoms with Crippen LogP contribution in [0.1, 0.15) is 5.76 Å². The standard InChI is InChI=1S/C15H13NO2/c17-8-7-14-10-15(16-18-14)13-6-5-11-3-1-2-4-12(11)9-13/h1-6,9-10,17H,7-8H2. The Morgan fingerprint density at radius 2 is 1.83 bits per heavy atom. The van der Waals surface area contributed by atoms with Crippen molar-refractivity contribution in [2.45, 2.75) is 6.42 Å². The molecule has 18 heavy (non-hydrogen) atoms. The Morgan fingerprint density at radius 3 is 2.67 bits per heavy atom. The summed E-state index contributed by atoms with van der Waals surface area (Å²) < 4.78 is 5.16. The number of fused-ring (bicyclic) bond motifs is 1. The highest BCUT2D eigenvalue weighted by Gasteiger charge is 2.06. The summed E-state index contributed by atoms with van der Waals surface area (Å²) in [6.07, 6.45) is 0.501. The summed E-state index contributed by atoms with van der Waals surface area (Å²) in [4.78, 5) is 0. The van der Waals surface area contributed by atoms with Crippen LogP contribution in [0.25, 0.3) is 22.0 Å². The van der Waals surface area contributed by atoms with Crippen molar-refractivity contribution >= 4 is 10.8 Å². The molecule has 0 bridgehead atoms. The van der Waals surface area contributed by atoms with Crippen LogP contribution < -0.4 is 0 Å². The summed E-state index contributed by atoms with van der Waals surface area (Å²) in [5.74, 6) is 0.709. The van der Waals surface area contributed by atoms with Crippen LogP contribution in [-0.2, 0) is 6.42 Å². The fourth-order valence-electron chi connectivity index (χ4n) is 2.03. The Hall–Kier alpha value is -2.13. The Balaban J connectivity index is 2.02. The van der Waals surface area contributed by atoms with Crippen LogP contribution in [0, 0.1) is 0 Å². The lowest BCUT2D eigenvalue weighted by Gasteiger charge is -1.99. The molecule has 0 fully saturated rings. The number of aliphatic hydroxyl groups is 1. The molecule has 0 radical (unpaired) electrons. The Kier molecular flexibility index (Phi) is 2.82. The Bertz CT molecular complexity index is 673. The summed E-state index contributed by atoms with van der Waals surface area (Å²) in [6, 6.07) is 16.3. The zero-order valence-electron chi connectivity index (χ0n) is 9.84. The van der Waals surface area contributed by atoms with Crippen molar-refractivity contribution in [3.05, 3.63) is 54.3 Å². The fourth-order valence-corrected chi connectivity index (χ4v) is 2.03. The first-order valence-electron chi connectivity index (χ1n) is 5.92. The maximum absolute atomic E-state index is 8.85. The molecule has 90 valence electrons. The Labute approximate surface area is 105 Å². The quantitative estimate of drug-likeness (QED) is 0.764. The lowest BCUT2D eigenvalue weighted by molar-refractivity contribution is 0.277. The second-order valence-corrected chi connectivity index (χ2v) is 4.21. The van der Waals surface area contributed by atoms with Gasteiger partial charge in [0.2, 0.25) is 0 Å². The van der Waals surface area contributed by atoms with Crippen molar-refractivity contribution in [2.24, 2.45) is 0 Å². The van der Waals surface area contributed by atoms with Crippen LogP contribution in [0.5, 0.6) is 0 Å². The number of benzene rings is 2. The molecule has 0 amide bonds. The molecular formula is C15H13NO2. The molecule has 0 aliphatic carbocycles. The predicted octanol–water partition coefficient (Wildman–Crippen LogP) is 3.03. The molecule has 2 aromatic carbocycles. The van der Waals surface area contributed by atoms with E-state index >= 15 is 0 Å². The van der Waals surface area contributed by atoms with E-state index in [0.717, 1.165) is 11.3 Å². The van der Waals surface area contributed by atoms with Crippen molar-refractivity contribution in [3.8, 4) is 11.3 Å². The largest absolute Gasteiger partial charge is 0.396 e. The van der Waals surface area contributed by atoms with E-state index in [2.05, 4.69) is 29.4 Å². The van der Waals surface area contributed by atoms with Crippen LogP contribution in [0.3, 0.4) is 0 Å². The predicted molar refractivity (Wildman–Crippen MR) is 70.2 cm³/mol. The van der Waals surface area contributed by atoms with Crippen molar-refractivity contribution in [1.82, 2.24) is 5.16 Å². The third-order valence-corrected chi connectivity index (χ3v) is 2.96. The molecular weight excluding hydrogens is 226 g/mol. The van der Waals surface area contributed by atoms with Crippen LogP contribution >= 0.6 is 0 Å². The van der Waals surface area contributed by atoms with Gasteiger partial charge in [-0.15, -0.1) is 0 Å². The van der Waals surface area contributed by atoms with Gasteiger partial charge in [0.15, 0.2) is 0 Å². The minimum Gasteiger partial charge on any atom is -0.396 e. The van der Waals surface area contributed by atoms with Gasteiger partial charge in [0, 0.05) is 18.1 Å². The summed E-state index contributed by atoms with van der Waals surface area (Å²) in [7, 11) is 0. The second kappa shape index (κ2) is 4.63. The molecule has 0 spiro atoms. The van der Waals surface area contributed by atoms with Crippen molar-refractivity contribution < 1.29 is 9.63 Å². The number of hydrogen-bond donors (Lipinski definition) is 1. The maximum atomic E-state index is 8.85. The monoisotopic (exact) mass is 239 g/mol. The molecule has 1 aromatic heterocycles. The number of hydrogen-bond acceptors (Lipinski definition) is 3. The maximum Gasteiger partial charge on any atom is 0.139 e. The topological polar surface area (TPSA) is 46.3 Å². The summed E-state index contributed by atoms with van der Waals surface area (Å²) in [6.45, 7) is 0.0757. The van der Waals surface area contributed by atoms with E-state index in [1.807, 2.05) is 24.3 Å². The van der Waals surface area contributed by atoms with E-state index in [4.69, 9.17) is 9.63 Å². The van der Waals surface area contributed by atoms with Crippen LogP contribution in [0.4, 0.5) is 0 Å². The average molecular weight is 239 g/mol. The summed E-state index contributed by atoms with van der Waals surface area (Å²) in [5.41, 5.74) is 1.84. The SMILES string of the molecule is OCCc1cc(-c2ccc3ccccc3c2)no1. The lowest BCUT2D eigenvalue weighted by Crippen LogP contribution is -1.86. The molecule has 1 N–H and O–H groups in total. The third-order valence-electron chi connectivity index (χ3n) is 2.96. The summed E-state index contributed by atoms with van der Waals surface area (Å²) in [5, 5.41) is 15.3. The minimum atomic E-state index is 0.0757. The molecule has 3 rings (SSSR count). The van der Waals surface area contributed by atoms with E-state index in [9.17, 15) is 0 Å². The van der Waals surface area contributed by atoms with Gasteiger partial charge in [-0.25, -0.2) is 0 Å². The average Bonchev–Trinajstić information content (AvgIpc) is 2.87. The van der Waals surface area contributed by atoms with E-state index in [1.165, 1.54) is 10.8 Å². The highest BCUT2D eigenvalue weighted by Crippen LogP contribution is 2.24. The number of aromatic nitrogens is 1. The number of aliphatic hydroxyl groups excluding tert-OH is 1. The van der Waals surface area contributed by atoms with Gasteiger partial charge in [-0.05, 0) is 16.8 Å². The van der Waals surface area contributed by atoms with Crippen LogP contribution in [-0.4, -0.2) is 16.9 Å². The van der Waals surface area contributed by atoms with Crippen LogP contribution in [0.2, 0.25) is 0 Å². The van der Waals surface area contributed by atoms with Gasteiger partial charge in [-0.2, -0.15) is 0 Å². The van der Waals surface area contributed by atoms with E-state index < -0.39 is 0 Å². The molecule has 0 saturated heterocycles. The van der Waals surface area contributed by atoms with E-state index in [0.29, 0.717) is 12.2 Å². The molecule has 0 saturated carbocycles.